The van der Waals surface area contributed by atoms with Gasteiger partial charge in [-0.3, -0.25) is 4.98 Å². The minimum Gasteiger partial charge on any atom is -0.388 e. The van der Waals surface area contributed by atoms with Crippen LogP contribution in [0.3, 0.4) is 0 Å². The van der Waals surface area contributed by atoms with Gasteiger partial charge < -0.3 is 16.8 Å². The van der Waals surface area contributed by atoms with Crippen LogP contribution < -0.4 is 16.8 Å². The number of rotatable bonds is 7. The Bertz CT molecular complexity index is 1520. The van der Waals surface area contributed by atoms with Crippen LogP contribution in [0.2, 0.25) is 0 Å². The van der Waals surface area contributed by atoms with Gasteiger partial charge in [-0.15, -0.1) is 11.3 Å². The van der Waals surface area contributed by atoms with Crippen molar-refractivity contribution < 1.29 is 0 Å². The van der Waals surface area contributed by atoms with Gasteiger partial charge in [0.1, 0.15) is 0 Å². The standard InChI is InChI=1S/C31H34N6S/c1-31(2,3)29-24(20-10-12-22(34-4)13-11-20)26-28(38-29)27(37-30(36-26)21-14-16-35-17-15-21)25(33)23(32)18-19-8-6-5-7-9-19/h5-17,23,25,34H,18,32-33H2,1-4H3. The maximum atomic E-state index is 6.92. The maximum absolute atomic E-state index is 6.92. The molecule has 194 valence electrons. The van der Waals surface area contributed by atoms with Gasteiger partial charge >= 0.3 is 0 Å². The molecule has 5 aromatic rings. The third-order valence-corrected chi connectivity index (χ3v) is 8.36. The Hall–Kier alpha value is -3.65. The second-order valence-electron chi connectivity index (χ2n) is 10.6. The topological polar surface area (TPSA) is 103 Å². The van der Waals surface area contributed by atoms with Crippen molar-refractivity contribution >= 4 is 27.2 Å². The average molecular weight is 523 g/mol. The number of hydrogen-bond acceptors (Lipinski definition) is 7. The predicted octanol–water partition coefficient (Wildman–Crippen LogP) is 6.33. The summed E-state index contributed by atoms with van der Waals surface area (Å²) in [4.78, 5) is 15.6. The van der Waals surface area contributed by atoms with Crippen LogP contribution in [0.1, 0.15) is 42.9 Å². The van der Waals surface area contributed by atoms with E-state index in [4.69, 9.17) is 21.4 Å². The summed E-state index contributed by atoms with van der Waals surface area (Å²) >= 11 is 1.73. The number of aromatic nitrogens is 3. The highest BCUT2D eigenvalue weighted by Gasteiger charge is 2.30. The molecule has 0 aliphatic carbocycles. The lowest BCUT2D eigenvalue weighted by atomic mass is 9.88. The van der Waals surface area contributed by atoms with E-state index in [1.807, 2.05) is 37.4 Å². The number of nitrogens with one attached hydrogen (secondary N) is 1. The van der Waals surface area contributed by atoms with Gasteiger partial charge in [0.05, 0.1) is 22.0 Å². The lowest BCUT2D eigenvalue weighted by Crippen LogP contribution is -2.36. The maximum Gasteiger partial charge on any atom is 0.160 e. The molecule has 5 rings (SSSR count). The fourth-order valence-electron chi connectivity index (χ4n) is 4.67. The van der Waals surface area contributed by atoms with Crippen LogP contribution in [-0.4, -0.2) is 28.0 Å². The molecule has 38 heavy (non-hydrogen) atoms. The predicted molar refractivity (Wildman–Crippen MR) is 159 cm³/mol. The minimum atomic E-state index is -0.465. The lowest BCUT2D eigenvalue weighted by Gasteiger charge is -2.21. The molecule has 0 aliphatic heterocycles. The van der Waals surface area contributed by atoms with Crippen LogP contribution in [0.25, 0.3) is 32.7 Å². The van der Waals surface area contributed by atoms with Crippen molar-refractivity contribution in [1.82, 2.24) is 15.0 Å². The summed E-state index contributed by atoms with van der Waals surface area (Å²) in [5.41, 5.74) is 20.6. The fraction of sp³-hybridized carbons (Fsp3) is 0.258. The smallest absolute Gasteiger partial charge is 0.160 e. The monoisotopic (exact) mass is 522 g/mol. The summed E-state index contributed by atoms with van der Waals surface area (Å²) in [7, 11) is 1.93. The molecule has 0 spiro atoms. The van der Waals surface area contributed by atoms with Crippen molar-refractivity contribution in [2.45, 2.75) is 44.7 Å². The van der Waals surface area contributed by atoms with Crippen LogP contribution >= 0.6 is 11.3 Å². The minimum absolute atomic E-state index is 0.104. The molecule has 0 fully saturated rings. The van der Waals surface area contributed by atoms with Crippen molar-refractivity contribution in [2.75, 3.05) is 12.4 Å². The summed E-state index contributed by atoms with van der Waals surface area (Å²) < 4.78 is 0.997. The van der Waals surface area contributed by atoms with Crippen molar-refractivity contribution in [3.63, 3.8) is 0 Å². The summed E-state index contributed by atoms with van der Waals surface area (Å²) in [5.74, 6) is 0.628. The molecule has 0 bridgehead atoms. The number of thiophene rings is 1. The molecule has 2 atom stereocenters. The van der Waals surface area contributed by atoms with Crippen LogP contribution in [0.15, 0.2) is 79.1 Å². The zero-order chi connectivity index (χ0) is 26.9. The second-order valence-corrected chi connectivity index (χ2v) is 11.6. The highest BCUT2D eigenvalue weighted by molar-refractivity contribution is 7.20. The summed E-state index contributed by atoms with van der Waals surface area (Å²) in [6.07, 6.45) is 4.18. The SMILES string of the molecule is CNc1ccc(-c2c(C(C)(C)C)sc3c(C(N)C(N)Cc4ccccc4)nc(-c4ccncc4)nc23)cc1. The van der Waals surface area contributed by atoms with E-state index in [9.17, 15) is 0 Å². The highest BCUT2D eigenvalue weighted by atomic mass is 32.1. The molecule has 6 nitrogen and oxygen atoms in total. The van der Waals surface area contributed by atoms with Gasteiger partial charge in [0.2, 0.25) is 0 Å². The van der Waals surface area contributed by atoms with Crippen LogP contribution in [0, 0.1) is 0 Å². The first-order valence-electron chi connectivity index (χ1n) is 12.8. The molecule has 5 N–H and O–H groups in total. The molecule has 2 aromatic carbocycles. The van der Waals surface area contributed by atoms with Gasteiger partial charge in [-0.25, -0.2) is 9.97 Å². The Morgan fingerprint density at radius 3 is 2.18 bits per heavy atom. The average Bonchev–Trinajstić information content (AvgIpc) is 3.33. The number of pyridine rings is 1. The molecule has 0 aliphatic rings. The summed E-state index contributed by atoms with van der Waals surface area (Å²) in [6.45, 7) is 6.71. The van der Waals surface area contributed by atoms with E-state index in [0.29, 0.717) is 12.2 Å². The van der Waals surface area contributed by atoms with E-state index in [0.717, 1.165) is 43.9 Å². The van der Waals surface area contributed by atoms with E-state index in [1.54, 1.807) is 23.7 Å². The van der Waals surface area contributed by atoms with Crippen molar-refractivity contribution in [3.8, 4) is 22.5 Å². The summed E-state index contributed by atoms with van der Waals surface area (Å²) in [5, 5.41) is 3.21. The van der Waals surface area contributed by atoms with Crippen LogP contribution in [0.5, 0.6) is 0 Å². The number of anilines is 1. The van der Waals surface area contributed by atoms with Crippen LogP contribution in [0.4, 0.5) is 5.69 Å². The number of nitrogens with two attached hydrogens (primary N) is 2. The molecular weight excluding hydrogens is 488 g/mol. The number of benzene rings is 2. The molecule has 3 aromatic heterocycles. The van der Waals surface area contributed by atoms with Gasteiger partial charge in [-0.2, -0.15) is 0 Å². The summed E-state index contributed by atoms with van der Waals surface area (Å²) in [6, 6.07) is 21.8. The third kappa shape index (κ3) is 5.18. The van der Waals surface area contributed by atoms with E-state index >= 15 is 0 Å². The normalized spacial score (nSPS) is 13.4. The quantitative estimate of drug-likeness (QED) is 0.231. The number of nitrogens with zero attached hydrogens (tertiary/aromatic N) is 3. The first kappa shape index (κ1) is 26.0. The molecule has 7 heteroatoms. The Kier molecular flexibility index (Phi) is 7.25. The first-order chi connectivity index (χ1) is 18.3. The van der Waals surface area contributed by atoms with Crippen molar-refractivity contribution in [1.29, 1.82) is 0 Å². The molecular formula is C31H34N6S. The zero-order valence-corrected chi connectivity index (χ0v) is 23.1. The van der Waals surface area contributed by atoms with E-state index in [-0.39, 0.29) is 11.5 Å². The van der Waals surface area contributed by atoms with E-state index < -0.39 is 6.04 Å². The molecule has 2 unspecified atom stereocenters. The molecule has 0 saturated carbocycles. The Balaban J connectivity index is 1.74. The van der Waals surface area contributed by atoms with Gasteiger partial charge in [-0.05, 0) is 47.2 Å². The fourth-order valence-corrected chi connectivity index (χ4v) is 6.03. The Morgan fingerprint density at radius 1 is 0.868 bits per heavy atom. The number of hydrogen-bond donors (Lipinski definition) is 3. The van der Waals surface area contributed by atoms with E-state index in [2.05, 4.69) is 67.5 Å². The molecule has 3 heterocycles. The second kappa shape index (κ2) is 10.6. The van der Waals surface area contributed by atoms with Gasteiger partial charge in [0.15, 0.2) is 5.82 Å². The van der Waals surface area contributed by atoms with Gasteiger partial charge in [-0.1, -0.05) is 63.2 Å². The molecule has 0 saturated heterocycles. The Morgan fingerprint density at radius 2 is 1.55 bits per heavy atom. The Labute approximate surface area is 228 Å². The van der Waals surface area contributed by atoms with Gasteiger partial charge in [0, 0.05) is 47.2 Å². The number of fused-ring (bicyclic) bond motifs is 1. The zero-order valence-electron chi connectivity index (χ0n) is 22.3. The van der Waals surface area contributed by atoms with Crippen molar-refractivity contribution in [3.05, 3.63) is 95.3 Å². The van der Waals surface area contributed by atoms with Crippen molar-refractivity contribution in [2.24, 2.45) is 11.5 Å². The van der Waals surface area contributed by atoms with E-state index in [1.165, 1.54) is 4.88 Å². The first-order valence-corrected chi connectivity index (χ1v) is 13.7. The third-order valence-electron chi connectivity index (χ3n) is 6.73. The largest absolute Gasteiger partial charge is 0.388 e. The van der Waals surface area contributed by atoms with Crippen LogP contribution in [-0.2, 0) is 11.8 Å². The lowest BCUT2D eigenvalue weighted by molar-refractivity contribution is 0.537. The van der Waals surface area contributed by atoms with Gasteiger partial charge in [0.25, 0.3) is 0 Å². The molecule has 0 radical (unpaired) electrons. The molecule has 0 amide bonds. The highest BCUT2D eigenvalue weighted by Crippen LogP contribution is 2.46.